The summed E-state index contributed by atoms with van der Waals surface area (Å²) in [6, 6.07) is 9.33. The fourth-order valence-corrected chi connectivity index (χ4v) is 4.30. The van der Waals surface area contributed by atoms with E-state index in [4.69, 9.17) is 21.4 Å². The number of carbonyl (C=O) groups is 5. The Labute approximate surface area is 216 Å². The quantitative estimate of drug-likeness (QED) is 0.401. The number of nitrogens with one attached hydrogen (secondary N) is 3. The van der Waals surface area contributed by atoms with Crippen LogP contribution >= 0.6 is 11.6 Å². The van der Waals surface area contributed by atoms with Gasteiger partial charge >= 0.3 is 18.0 Å². The number of imide groups is 1. The number of nitrogens with zero attached hydrogens (tertiary/aromatic N) is 2. The number of urea groups is 2. The smallest absolute Gasteiger partial charge is 0.329 e. The third kappa shape index (κ3) is 5.81. The highest BCUT2D eigenvalue weighted by Crippen LogP contribution is 2.26. The van der Waals surface area contributed by atoms with Gasteiger partial charge in [0.15, 0.2) is 0 Å². The number of carbonyl (C=O) groups excluding carboxylic acids is 4. The Bertz CT molecular complexity index is 1220. The van der Waals surface area contributed by atoms with Gasteiger partial charge in [0.05, 0.1) is 18.2 Å². The maximum Gasteiger partial charge on any atom is 0.329 e. The first kappa shape index (κ1) is 25.9. The number of rotatable bonds is 7. The van der Waals surface area contributed by atoms with E-state index in [0.717, 1.165) is 4.90 Å². The van der Waals surface area contributed by atoms with Crippen LogP contribution in [0.4, 0.5) is 26.7 Å². The number of anilines is 3. The number of amides is 6. The van der Waals surface area contributed by atoms with Gasteiger partial charge in [0.25, 0.3) is 5.91 Å². The topological polar surface area (TPSA) is 157 Å². The molecule has 0 spiro atoms. The van der Waals surface area contributed by atoms with E-state index in [1.807, 2.05) is 0 Å². The molecule has 2 aromatic carbocycles. The van der Waals surface area contributed by atoms with Crippen molar-refractivity contribution in [3.8, 4) is 0 Å². The van der Waals surface area contributed by atoms with Gasteiger partial charge < -0.3 is 30.7 Å². The van der Waals surface area contributed by atoms with Crippen LogP contribution in [0, 0.1) is 0 Å². The summed E-state index contributed by atoms with van der Waals surface area (Å²) in [7, 11) is 1.51. The lowest BCUT2D eigenvalue weighted by Crippen LogP contribution is -2.45. The molecule has 2 aromatic rings. The number of aliphatic carboxylic acids is 1. The standard InChI is InChI=1S/C24H24ClN5O7/c1-37-17-10-19(29(12-17)23(35)27-15-4-2-13(25)3-5-15)21(33)26-14-6-8-16(9-7-14)30-22(34)18(11-20(31)32)28-24(30)36/h2-9,17-19H,10-12H2,1H3,(H,26,33)(H,27,35)(H,28,36)(H,31,32). The van der Waals surface area contributed by atoms with Gasteiger partial charge in [-0.25, -0.2) is 14.5 Å². The molecule has 0 radical (unpaired) electrons. The average Bonchev–Trinajstić information content (AvgIpc) is 3.42. The molecule has 0 saturated carbocycles. The lowest BCUT2D eigenvalue weighted by Gasteiger charge is -2.24. The maximum atomic E-state index is 13.1. The van der Waals surface area contributed by atoms with Crippen molar-refractivity contribution in [1.29, 1.82) is 0 Å². The predicted molar refractivity (Wildman–Crippen MR) is 134 cm³/mol. The van der Waals surface area contributed by atoms with Crippen molar-refractivity contribution >= 4 is 58.5 Å². The molecule has 2 fully saturated rings. The monoisotopic (exact) mass is 529 g/mol. The summed E-state index contributed by atoms with van der Waals surface area (Å²) in [4.78, 5) is 63.8. The average molecular weight is 530 g/mol. The Morgan fingerprint density at radius 2 is 1.68 bits per heavy atom. The van der Waals surface area contributed by atoms with Crippen LogP contribution in [-0.4, -0.2) is 71.7 Å². The SMILES string of the molecule is COC1CC(C(=O)Nc2ccc(N3C(=O)NC(CC(=O)O)C3=O)cc2)N(C(=O)Nc2ccc(Cl)cc2)C1. The summed E-state index contributed by atoms with van der Waals surface area (Å²) in [6.45, 7) is 0.219. The van der Waals surface area contributed by atoms with E-state index < -0.39 is 48.4 Å². The summed E-state index contributed by atoms with van der Waals surface area (Å²) in [6.07, 6.45) is -0.559. The first-order valence-corrected chi connectivity index (χ1v) is 11.7. The summed E-state index contributed by atoms with van der Waals surface area (Å²) in [5.41, 5.74) is 1.12. The number of carboxylic acids is 1. The second kappa shape index (κ2) is 10.8. The highest BCUT2D eigenvalue weighted by molar-refractivity contribution is 6.30. The van der Waals surface area contributed by atoms with Crippen LogP contribution in [0.3, 0.4) is 0 Å². The fourth-order valence-electron chi connectivity index (χ4n) is 4.18. The number of methoxy groups -OCH3 is 1. The Hall–Kier alpha value is -4.16. The minimum Gasteiger partial charge on any atom is -0.481 e. The van der Waals surface area contributed by atoms with Crippen LogP contribution in [-0.2, 0) is 19.1 Å². The van der Waals surface area contributed by atoms with Crippen LogP contribution in [0.5, 0.6) is 0 Å². The second-order valence-electron chi connectivity index (χ2n) is 8.51. The molecule has 0 bridgehead atoms. The Kier molecular flexibility index (Phi) is 7.60. The van der Waals surface area contributed by atoms with Crippen molar-refractivity contribution in [2.75, 3.05) is 29.2 Å². The predicted octanol–water partition coefficient (Wildman–Crippen LogP) is 2.50. The molecule has 13 heteroatoms. The third-order valence-corrected chi connectivity index (χ3v) is 6.30. The van der Waals surface area contributed by atoms with Crippen LogP contribution in [0.15, 0.2) is 48.5 Å². The van der Waals surface area contributed by atoms with Crippen LogP contribution in [0.2, 0.25) is 5.02 Å². The second-order valence-corrected chi connectivity index (χ2v) is 8.94. The zero-order valence-corrected chi connectivity index (χ0v) is 20.4. The van der Waals surface area contributed by atoms with Crippen LogP contribution in [0.1, 0.15) is 12.8 Å². The number of carboxylic acid groups (broad SMARTS) is 1. The number of likely N-dealkylation sites (tertiary alicyclic amines) is 1. The third-order valence-electron chi connectivity index (χ3n) is 6.05. The zero-order valence-electron chi connectivity index (χ0n) is 19.6. The van der Waals surface area contributed by atoms with Crippen LogP contribution in [0.25, 0.3) is 0 Å². The summed E-state index contributed by atoms with van der Waals surface area (Å²) in [5.74, 6) is -2.32. The molecular formula is C24H24ClN5O7. The molecule has 37 heavy (non-hydrogen) atoms. The highest BCUT2D eigenvalue weighted by atomic mass is 35.5. The fraction of sp³-hybridized carbons (Fsp3) is 0.292. The highest BCUT2D eigenvalue weighted by Gasteiger charge is 2.41. The Morgan fingerprint density at radius 3 is 2.30 bits per heavy atom. The lowest BCUT2D eigenvalue weighted by molar-refractivity contribution is -0.139. The van der Waals surface area contributed by atoms with Gasteiger partial charge in [0.1, 0.15) is 12.1 Å². The van der Waals surface area contributed by atoms with Crippen molar-refractivity contribution < 1.29 is 33.8 Å². The minimum atomic E-state index is -1.21. The number of ether oxygens (including phenoxy) is 1. The van der Waals surface area contributed by atoms with Gasteiger partial charge in [-0.2, -0.15) is 0 Å². The summed E-state index contributed by atoms with van der Waals surface area (Å²) in [5, 5.41) is 17.3. The lowest BCUT2D eigenvalue weighted by atomic mass is 10.1. The van der Waals surface area contributed by atoms with E-state index >= 15 is 0 Å². The molecule has 2 heterocycles. The van der Waals surface area contributed by atoms with E-state index in [2.05, 4.69) is 16.0 Å². The molecular weight excluding hydrogens is 506 g/mol. The normalized spacial score (nSPS) is 21.1. The molecule has 0 aliphatic carbocycles. The van der Waals surface area contributed by atoms with Crippen molar-refractivity contribution in [2.45, 2.75) is 31.0 Å². The molecule has 194 valence electrons. The number of hydrogen-bond donors (Lipinski definition) is 4. The van der Waals surface area contributed by atoms with E-state index in [1.165, 1.54) is 36.3 Å². The van der Waals surface area contributed by atoms with E-state index in [1.54, 1.807) is 24.3 Å². The molecule has 6 amide bonds. The largest absolute Gasteiger partial charge is 0.481 e. The minimum absolute atomic E-state index is 0.219. The summed E-state index contributed by atoms with van der Waals surface area (Å²) < 4.78 is 5.38. The van der Waals surface area contributed by atoms with Gasteiger partial charge in [-0.15, -0.1) is 0 Å². The molecule has 3 atom stereocenters. The maximum absolute atomic E-state index is 13.1. The van der Waals surface area contributed by atoms with Crippen molar-refractivity contribution in [1.82, 2.24) is 10.2 Å². The molecule has 2 saturated heterocycles. The van der Waals surface area contributed by atoms with E-state index in [-0.39, 0.29) is 18.3 Å². The Balaban J connectivity index is 1.42. The molecule has 3 unspecified atom stereocenters. The summed E-state index contributed by atoms with van der Waals surface area (Å²) >= 11 is 5.89. The zero-order chi connectivity index (χ0) is 26.7. The molecule has 0 aromatic heterocycles. The van der Waals surface area contributed by atoms with Gasteiger partial charge in [-0.3, -0.25) is 14.4 Å². The van der Waals surface area contributed by atoms with Crippen molar-refractivity contribution in [2.24, 2.45) is 0 Å². The van der Waals surface area contributed by atoms with Crippen LogP contribution < -0.4 is 20.9 Å². The molecule has 2 aliphatic heterocycles. The van der Waals surface area contributed by atoms with Crippen molar-refractivity contribution in [3.05, 3.63) is 53.6 Å². The van der Waals surface area contributed by atoms with E-state index in [0.29, 0.717) is 22.8 Å². The number of benzene rings is 2. The number of hydrogen-bond acceptors (Lipinski definition) is 6. The van der Waals surface area contributed by atoms with Gasteiger partial charge in [0.2, 0.25) is 5.91 Å². The van der Waals surface area contributed by atoms with Gasteiger partial charge in [0, 0.05) is 36.5 Å². The number of halogens is 1. The molecule has 2 aliphatic rings. The van der Waals surface area contributed by atoms with Gasteiger partial charge in [-0.05, 0) is 48.5 Å². The Morgan fingerprint density at radius 1 is 1.05 bits per heavy atom. The first-order valence-electron chi connectivity index (χ1n) is 11.3. The first-order chi connectivity index (χ1) is 17.7. The molecule has 4 rings (SSSR count). The van der Waals surface area contributed by atoms with Gasteiger partial charge in [-0.1, -0.05) is 11.6 Å². The molecule has 4 N–H and O–H groups in total. The van der Waals surface area contributed by atoms with E-state index in [9.17, 15) is 24.0 Å². The van der Waals surface area contributed by atoms with Crippen molar-refractivity contribution in [3.63, 3.8) is 0 Å². The molecule has 12 nitrogen and oxygen atoms in total.